The molecule has 0 fully saturated rings. The summed E-state index contributed by atoms with van der Waals surface area (Å²) in [6.45, 7) is 1.55. The Balaban J connectivity index is 1.90. The van der Waals surface area contributed by atoms with Gasteiger partial charge in [-0.05, 0) is 55.2 Å². The van der Waals surface area contributed by atoms with Gasteiger partial charge in [-0.3, -0.25) is 14.4 Å². The van der Waals surface area contributed by atoms with E-state index in [1.54, 1.807) is 36.2 Å². The van der Waals surface area contributed by atoms with Crippen LogP contribution < -0.4 is 15.4 Å². The summed E-state index contributed by atoms with van der Waals surface area (Å²) in [6, 6.07) is 11.8. The molecule has 0 saturated heterocycles. The minimum atomic E-state index is -0.741. The Hall–Kier alpha value is -3.07. The normalized spacial score (nSPS) is 11.3. The predicted molar refractivity (Wildman–Crippen MR) is 122 cm³/mol. The molecule has 9 heteroatoms. The number of carbonyl (C=O) groups is 3. The van der Waals surface area contributed by atoms with E-state index >= 15 is 0 Å². The Labute approximate surface area is 186 Å². The quantitative estimate of drug-likeness (QED) is 0.551. The van der Waals surface area contributed by atoms with Crippen LogP contribution in [0.4, 0.5) is 5.82 Å². The molecule has 0 aliphatic heterocycles. The Morgan fingerprint density at radius 3 is 2.58 bits per heavy atom. The fraction of sp³-hybridized carbons (Fsp3) is 0.364. The molecule has 1 unspecified atom stereocenters. The van der Waals surface area contributed by atoms with Crippen LogP contribution in [0.15, 0.2) is 48.7 Å². The summed E-state index contributed by atoms with van der Waals surface area (Å²) >= 11 is 1.57. The molecule has 0 bridgehead atoms. The Morgan fingerprint density at radius 1 is 1.16 bits per heavy atom. The molecule has 2 N–H and O–H groups in total. The number of likely N-dealkylation sites (N-methyl/N-ethyl adjacent to an activating group) is 1. The number of thioether (sulfide) groups is 1. The van der Waals surface area contributed by atoms with Crippen LogP contribution in [0.2, 0.25) is 0 Å². The number of hydrogen-bond donors (Lipinski definition) is 2. The second-order valence-corrected chi connectivity index (χ2v) is 7.95. The Morgan fingerprint density at radius 2 is 1.90 bits per heavy atom. The van der Waals surface area contributed by atoms with Gasteiger partial charge in [0.1, 0.15) is 17.6 Å². The van der Waals surface area contributed by atoms with Crippen molar-refractivity contribution < 1.29 is 19.1 Å². The molecule has 1 aromatic carbocycles. The topological polar surface area (TPSA) is 101 Å². The number of hydrogen-bond acceptors (Lipinski definition) is 6. The monoisotopic (exact) mass is 444 g/mol. The SMILES string of the molecule is CSCCC(NC(=O)COc1ccccc1)C(=O)N(C)CC(=O)Nc1cc(C)ccn1. The highest BCUT2D eigenvalue weighted by Crippen LogP contribution is 2.09. The van der Waals surface area contributed by atoms with Crippen molar-refractivity contribution in [2.24, 2.45) is 0 Å². The lowest BCUT2D eigenvalue weighted by molar-refractivity contribution is -0.137. The molecule has 1 atom stereocenters. The van der Waals surface area contributed by atoms with E-state index in [1.807, 2.05) is 37.4 Å². The first-order chi connectivity index (χ1) is 14.9. The zero-order valence-corrected chi connectivity index (χ0v) is 18.8. The second-order valence-electron chi connectivity index (χ2n) is 6.96. The van der Waals surface area contributed by atoms with Gasteiger partial charge in [0.25, 0.3) is 5.91 Å². The highest BCUT2D eigenvalue weighted by molar-refractivity contribution is 7.98. The number of aryl methyl sites for hydroxylation is 1. The van der Waals surface area contributed by atoms with E-state index in [0.717, 1.165) is 5.56 Å². The number of ether oxygens (including phenoxy) is 1. The molecular formula is C22H28N4O4S. The molecule has 0 spiro atoms. The maximum Gasteiger partial charge on any atom is 0.258 e. The van der Waals surface area contributed by atoms with Crippen molar-refractivity contribution in [1.29, 1.82) is 0 Å². The lowest BCUT2D eigenvalue weighted by atomic mass is 10.2. The van der Waals surface area contributed by atoms with Crippen molar-refractivity contribution in [3.8, 4) is 5.75 Å². The molecule has 0 saturated carbocycles. The molecule has 31 heavy (non-hydrogen) atoms. The summed E-state index contributed by atoms with van der Waals surface area (Å²) in [5.74, 6) is 0.582. The van der Waals surface area contributed by atoms with Crippen LogP contribution in [-0.2, 0) is 14.4 Å². The lowest BCUT2D eigenvalue weighted by Gasteiger charge is -2.24. The summed E-state index contributed by atoms with van der Waals surface area (Å²) in [7, 11) is 1.53. The van der Waals surface area contributed by atoms with E-state index in [0.29, 0.717) is 23.7 Å². The molecule has 166 valence electrons. The number of aromatic nitrogens is 1. The summed E-state index contributed by atoms with van der Waals surface area (Å²) in [6.07, 6.45) is 3.97. The maximum absolute atomic E-state index is 12.9. The third-order valence-corrected chi connectivity index (χ3v) is 4.94. The summed E-state index contributed by atoms with van der Waals surface area (Å²) in [5.41, 5.74) is 0.965. The highest BCUT2D eigenvalue weighted by atomic mass is 32.2. The lowest BCUT2D eigenvalue weighted by Crippen LogP contribution is -2.50. The zero-order valence-electron chi connectivity index (χ0n) is 18.0. The van der Waals surface area contributed by atoms with Gasteiger partial charge in [0.2, 0.25) is 11.8 Å². The largest absolute Gasteiger partial charge is 0.484 e. The number of nitrogens with zero attached hydrogens (tertiary/aromatic N) is 2. The van der Waals surface area contributed by atoms with E-state index in [1.165, 1.54) is 11.9 Å². The average molecular weight is 445 g/mol. The van der Waals surface area contributed by atoms with E-state index < -0.39 is 11.9 Å². The van der Waals surface area contributed by atoms with Crippen molar-refractivity contribution in [3.63, 3.8) is 0 Å². The van der Waals surface area contributed by atoms with E-state index in [2.05, 4.69) is 15.6 Å². The van der Waals surface area contributed by atoms with Crippen molar-refractivity contribution in [2.75, 3.05) is 37.5 Å². The number of benzene rings is 1. The number of carbonyl (C=O) groups excluding carboxylic acids is 3. The van der Waals surface area contributed by atoms with Gasteiger partial charge >= 0.3 is 0 Å². The molecule has 1 heterocycles. The zero-order chi connectivity index (χ0) is 22.6. The molecular weight excluding hydrogens is 416 g/mol. The minimum absolute atomic E-state index is 0.152. The van der Waals surface area contributed by atoms with Crippen molar-refractivity contribution in [3.05, 3.63) is 54.2 Å². The van der Waals surface area contributed by atoms with Crippen LogP contribution in [-0.4, -0.2) is 65.9 Å². The van der Waals surface area contributed by atoms with Gasteiger partial charge in [-0.25, -0.2) is 4.98 Å². The molecule has 1 aromatic heterocycles. The number of rotatable bonds is 11. The minimum Gasteiger partial charge on any atom is -0.484 e. The van der Waals surface area contributed by atoms with E-state index in [4.69, 9.17) is 4.74 Å². The first-order valence-electron chi connectivity index (χ1n) is 9.82. The van der Waals surface area contributed by atoms with Gasteiger partial charge in [-0.1, -0.05) is 18.2 Å². The molecule has 0 radical (unpaired) electrons. The number of anilines is 1. The standard InChI is InChI=1S/C22H28N4O4S/c1-16-9-11-23-19(13-16)25-20(27)14-26(2)22(29)18(10-12-31-3)24-21(28)15-30-17-7-5-4-6-8-17/h4-9,11,13,18H,10,12,14-15H2,1-3H3,(H,24,28)(H,23,25,27). The van der Waals surface area contributed by atoms with Gasteiger partial charge in [-0.2, -0.15) is 11.8 Å². The van der Waals surface area contributed by atoms with Crippen LogP contribution in [0.1, 0.15) is 12.0 Å². The van der Waals surface area contributed by atoms with E-state index in [9.17, 15) is 14.4 Å². The van der Waals surface area contributed by atoms with Gasteiger partial charge in [0, 0.05) is 13.2 Å². The van der Waals surface area contributed by atoms with Gasteiger partial charge in [0.05, 0.1) is 6.54 Å². The third kappa shape index (κ3) is 8.67. The van der Waals surface area contributed by atoms with Crippen LogP contribution in [0.5, 0.6) is 5.75 Å². The first-order valence-corrected chi connectivity index (χ1v) is 11.2. The van der Waals surface area contributed by atoms with Crippen LogP contribution in [0.25, 0.3) is 0 Å². The molecule has 8 nitrogen and oxygen atoms in total. The Kier molecular flexibility index (Phi) is 9.83. The fourth-order valence-corrected chi connectivity index (χ4v) is 3.21. The summed E-state index contributed by atoms with van der Waals surface area (Å²) < 4.78 is 5.44. The first kappa shape index (κ1) is 24.2. The van der Waals surface area contributed by atoms with Crippen LogP contribution in [0.3, 0.4) is 0 Å². The number of amides is 3. The van der Waals surface area contributed by atoms with Gasteiger partial charge < -0.3 is 20.3 Å². The average Bonchev–Trinajstić information content (AvgIpc) is 2.75. The molecule has 3 amide bonds. The van der Waals surface area contributed by atoms with Crippen molar-refractivity contribution >= 4 is 35.3 Å². The van der Waals surface area contributed by atoms with Gasteiger partial charge in [0.15, 0.2) is 6.61 Å². The summed E-state index contributed by atoms with van der Waals surface area (Å²) in [4.78, 5) is 42.9. The highest BCUT2D eigenvalue weighted by Gasteiger charge is 2.25. The molecule has 2 aromatic rings. The third-order valence-electron chi connectivity index (χ3n) is 4.30. The maximum atomic E-state index is 12.9. The van der Waals surface area contributed by atoms with Crippen LogP contribution >= 0.6 is 11.8 Å². The van der Waals surface area contributed by atoms with Crippen LogP contribution in [0, 0.1) is 6.92 Å². The summed E-state index contributed by atoms with van der Waals surface area (Å²) in [5, 5.41) is 5.40. The number of para-hydroxylation sites is 1. The fourth-order valence-electron chi connectivity index (χ4n) is 2.74. The molecule has 2 rings (SSSR count). The Bertz CT molecular complexity index is 879. The molecule has 0 aliphatic carbocycles. The van der Waals surface area contributed by atoms with E-state index in [-0.39, 0.29) is 25.0 Å². The van der Waals surface area contributed by atoms with Crippen molar-refractivity contribution in [2.45, 2.75) is 19.4 Å². The smallest absolute Gasteiger partial charge is 0.258 e. The second kappa shape index (κ2) is 12.6. The van der Waals surface area contributed by atoms with Gasteiger partial charge in [-0.15, -0.1) is 0 Å². The predicted octanol–water partition coefficient (Wildman–Crippen LogP) is 2.10. The molecule has 0 aliphatic rings. The number of nitrogens with one attached hydrogen (secondary N) is 2. The van der Waals surface area contributed by atoms with Crippen molar-refractivity contribution in [1.82, 2.24) is 15.2 Å². The number of pyridine rings is 1.